The van der Waals surface area contributed by atoms with Gasteiger partial charge in [-0.25, -0.2) is 0 Å². The summed E-state index contributed by atoms with van der Waals surface area (Å²) < 4.78 is 5.74. The lowest BCUT2D eigenvalue weighted by atomic mass is 10.1. The Bertz CT molecular complexity index is 1030. The molecule has 0 fully saturated rings. The summed E-state index contributed by atoms with van der Waals surface area (Å²) in [5.41, 5.74) is 3.65. The lowest BCUT2D eigenvalue weighted by molar-refractivity contribution is 0.0953. The van der Waals surface area contributed by atoms with Gasteiger partial charge in [0.2, 0.25) is 0 Å². The zero-order valence-electron chi connectivity index (χ0n) is 17.1. The maximum Gasteiger partial charge on any atom is 0.252 e. The van der Waals surface area contributed by atoms with Crippen molar-refractivity contribution in [1.82, 2.24) is 15.5 Å². The van der Waals surface area contributed by atoms with Crippen LogP contribution < -0.4 is 10.1 Å². The fourth-order valence-electron chi connectivity index (χ4n) is 3.10. The average Bonchev–Trinajstić information content (AvgIpc) is 3.20. The Kier molecular flexibility index (Phi) is 7.60. The molecular weight excluding hydrogens is 418 g/mol. The van der Waals surface area contributed by atoms with E-state index in [2.05, 4.69) is 34.2 Å². The first-order chi connectivity index (χ1) is 14.5. The van der Waals surface area contributed by atoms with E-state index in [1.807, 2.05) is 13.8 Å². The van der Waals surface area contributed by atoms with Crippen molar-refractivity contribution in [3.05, 3.63) is 75.8 Å². The minimum Gasteiger partial charge on any atom is -0.489 e. The minimum atomic E-state index is -0.164. The van der Waals surface area contributed by atoms with Crippen LogP contribution in [-0.2, 0) is 6.42 Å². The number of rotatable bonds is 9. The molecule has 0 radical (unpaired) electrons. The fourth-order valence-corrected chi connectivity index (χ4v) is 4.19. The van der Waals surface area contributed by atoms with E-state index in [9.17, 15) is 4.79 Å². The van der Waals surface area contributed by atoms with Crippen molar-refractivity contribution >= 4 is 28.8 Å². The van der Waals surface area contributed by atoms with Gasteiger partial charge in [0.15, 0.2) is 0 Å². The van der Waals surface area contributed by atoms with Crippen LogP contribution in [0.1, 0.15) is 32.9 Å². The van der Waals surface area contributed by atoms with E-state index in [4.69, 9.17) is 16.3 Å². The van der Waals surface area contributed by atoms with Gasteiger partial charge in [-0.2, -0.15) is 0 Å². The smallest absolute Gasteiger partial charge is 0.252 e. The minimum absolute atomic E-state index is 0.164. The number of carbonyl (C=O) groups is 1. The second-order valence-electron chi connectivity index (χ2n) is 6.88. The molecule has 0 aliphatic rings. The Hall–Kier alpha value is -2.70. The molecule has 30 heavy (non-hydrogen) atoms. The highest BCUT2D eigenvalue weighted by molar-refractivity contribution is 7.14. The molecule has 0 saturated carbocycles. The van der Waals surface area contributed by atoms with Crippen molar-refractivity contribution in [2.75, 3.05) is 13.2 Å². The first kappa shape index (κ1) is 22.0. The van der Waals surface area contributed by atoms with Gasteiger partial charge >= 0.3 is 0 Å². The van der Waals surface area contributed by atoms with Crippen LogP contribution in [0.15, 0.2) is 49.1 Å². The van der Waals surface area contributed by atoms with Crippen molar-refractivity contribution < 1.29 is 9.53 Å². The highest BCUT2D eigenvalue weighted by Gasteiger charge is 2.12. The second-order valence-corrected chi connectivity index (χ2v) is 8.35. The Labute approximate surface area is 185 Å². The zero-order chi connectivity index (χ0) is 21.5. The number of hydrogen-bond donors (Lipinski definition) is 1. The molecule has 0 bridgehead atoms. The van der Waals surface area contributed by atoms with Crippen molar-refractivity contribution in [2.24, 2.45) is 0 Å². The Morgan fingerprint density at radius 2 is 1.97 bits per heavy atom. The van der Waals surface area contributed by atoms with Crippen LogP contribution in [0.5, 0.6) is 5.75 Å². The predicted molar refractivity (Wildman–Crippen MR) is 123 cm³/mol. The molecule has 156 valence electrons. The summed E-state index contributed by atoms with van der Waals surface area (Å²) in [6.45, 7) is 8.78. The summed E-state index contributed by atoms with van der Waals surface area (Å²) in [5.74, 6) is 0.723. The normalized spacial score (nSPS) is 10.6. The quantitative estimate of drug-likeness (QED) is 0.356. The van der Waals surface area contributed by atoms with Crippen molar-refractivity contribution in [3.63, 3.8) is 0 Å². The van der Waals surface area contributed by atoms with E-state index in [1.54, 1.807) is 41.7 Å². The first-order valence-electron chi connectivity index (χ1n) is 9.70. The third-order valence-electron chi connectivity index (χ3n) is 4.49. The first-order valence-corrected chi connectivity index (χ1v) is 10.9. The van der Waals surface area contributed by atoms with Gasteiger partial charge in [-0.1, -0.05) is 47.7 Å². The summed E-state index contributed by atoms with van der Waals surface area (Å²) in [6.07, 6.45) is 3.26. The van der Waals surface area contributed by atoms with E-state index in [-0.39, 0.29) is 5.91 Å². The zero-order valence-corrected chi connectivity index (χ0v) is 18.6. The molecule has 1 aromatic heterocycles. The molecule has 3 aromatic rings. The number of nitrogens with one attached hydrogen (secondary N) is 1. The number of aryl methyl sites for hydroxylation is 3. The van der Waals surface area contributed by atoms with Gasteiger partial charge in [0, 0.05) is 18.5 Å². The van der Waals surface area contributed by atoms with Gasteiger partial charge in [0.25, 0.3) is 5.91 Å². The molecule has 2 aromatic carbocycles. The maximum atomic E-state index is 12.2. The number of benzene rings is 2. The van der Waals surface area contributed by atoms with Crippen LogP contribution in [0.3, 0.4) is 0 Å². The van der Waals surface area contributed by atoms with Crippen LogP contribution in [0, 0.1) is 13.8 Å². The molecule has 7 heteroatoms. The SMILES string of the molecule is C=CCOc1c(C)cc(-c2nnc(CCCNC(=O)c3ccccc3Cl)s2)cc1C. The van der Waals surface area contributed by atoms with Crippen molar-refractivity contribution in [1.29, 1.82) is 0 Å². The monoisotopic (exact) mass is 441 g/mol. The van der Waals surface area contributed by atoms with E-state index in [0.717, 1.165) is 45.3 Å². The fraction of sp³-hybridized carbons (Fsp3) is 0.261. The van der Waals surface area contributed by atoms with Gasteiger partial charge in [0.1, 0.15) is 22.4 Å². The van der Waals surface area contributed by atoms with Gasteiger partial charge < -0.3 is 10.1 Å². The maximum absolute atomic E-state index is 12.2. The van der Waals surface area contributed by atoms with Gasteiger partial charge in [-0.3, -0.25) is 4.79 Å². The highest BCUT2D eigenvalue weighted by Crippen LogP contribution is 2.32. The molecule has 0 saturated heterocycles. The van der Waals surface area contributed by atoms with Crippen LogP contribution >= 0.6 is 22.9 Å². The molecule has 0 spiro atoms. The van der Waals surface area contributed by atoms with Gasteiger partial charge in [-0.15, -0.1) is 10.2 Å². The second kappa shape index (κ2) is 10.4. The number of hydrogen-bond acceptors (Lipinski definition) is 5. The number of carbonyl (C=O) groups excluding carboxylic acids is 1. The Balaban J connectivity index is 1.56. The lowest BCUT2D eigenvalue weighted by Crippen LogP contribution is -2.25. The standard InChI is InChI=1S/C23H24ClN3O2S/c1-4-12-29-21-15(2)13-17(14-16(21)3)23-27-26-20(30-23)10-7-11-25-22(28)18-8-5-6-9-19(18)24/h4-6,8-9,13-14H,1,7,10-12H2,2-3H3,(H,25,28). The third kappa shape index (κ3) is 5.46. The number of halogens is 1. The van der Waals surface area contributed by atoms with Crippen molar-refractivity contribution in [2.45, 2.75) is 26.7 Å². The van der Waals surface area contributed by atoms with Crippen LogP contribution in [0.25, 0.3) is 10.6 Å². The van der Waals surface area contributed by atoms with Crippen LogP contribution in [0.2, 0.25) is 5.02 Å². The average molecular weight is 442 g/mol. The largest absolute Gasteiger partial charge is 0.489 e. The third-order valence-corrected chi connectivity index (χ3v) is 5.85. The Morgan fingerprint density at radius 1 is 1.23 bits per heavy atom. The number of ether oxygens (including phenoxy) is 1. The van der Waals surface area contributed by atoms with Crippen LogP contribution in [0.4, 0.5) is 0 Å². The van der Waals surface area contributed by atoms with E-state index in [0.29, 0.717) is 23.7 Å². The lowest BCUT2D eigenvalue weighted by Gasteiger charge is -2.11. The highest BCUT2D eigenvalue weighted by atomic mass is 35.5. The molecule has 1 amide bonds. The van der Waals surface area contributed by atoms with Gasteiger partial charge in [-0.05, 0) is 55.7 Å². The molecule has 1 heterocycles. The summed E-state index contributed by atoms with van der Waals surface area (Å²) in [4.78, 5) is 12.2. The van der Waals surface area contributed by atoms with Crippen molar-refractivity contribution in [3.8, 4) is 16.3 Å². The molecule has 3 rings (SSSR count). The number of aromatic nitrogens is 2. The Morgan fingerprint density at radius 3 is 2.67 bits per heavy atom. The van der Waals surface area contributed by atoms with E-state index < -0.39 is 0 Å². The summed E-state index contributed by atoms with van der Waals surface area (Å²) in [7, 11) is 0. The molecule has 5 nitrogen and oxygen atoms in total. The van der Waals surface area contributed by atoms with Crippen LogP contribution in [-0.4, -0.2) is 29.3 Å². The molecular formula is C23H24ClN3O2S. The molecule has 0 unspecified atom stereocenters. The molecule has 0 aliphatic carbocycles. The number of nitrogens with zero attached hydrogens (tertiary/aromatic N) is 2. The molecule has 1 N–H and O–H groups in total. The predicted octanol–water partition coefficient (Wildman–Crippen LogP) is 5.40. The van der Waals surface area contributed by atoms with E-state index in [1.165, 1.54) is 0 Å². The topological polar surface area (TPSA) is 64.1 Å². The van der Waals surface area contributed by atoms with E-state index >= 15 is 0 Å². The molecule has 0 atom stereocenters. The van der Waals surface area contributed by atoms with Gasteiger partial charge in [0.05, 0.1) is 10.6 Å². The number of amides is 1. The summed E-state index contributed by atoms with van der Waals surface area (Å²) in [5, 5.41) is 13.8. The molecule has 0 aliphatic heterocycles. The summed E-state index contributed by atoms with van der Waals surface area (Å²) >= 11 is 7.63. The summed E-state index contributed by atoms with van der Waals surface area (Å²) in [6, 6.07) is 11.2.